The van der Waals surface area contributed by atoms with Crippen molar-refractivity contribution in [1.29, 1.82) is 0 Å². The summed E-state index contributed by atoms with van der Waals surface area (Å²) in [6.45, 7) is 2.49. The second kappa shape index (κ2) is 6.24. The van der Waals surface area contributed by atoms with E-state index in [1.807, 2.05) is 24.6 Å². The third kappa shape index (κ3) is 4.90. The number of hydrogen-bond acceptors (Lipinski definition) is 3. The minimum absolute atomic E-state index is 0.191. The standard InChI is InChI=1S/C10H15N3O2S/c1-8(14)11-12-10(15)7-13(2)6-9-4-3-5-16-9/h3-5H,6-7H2,1-2H3,(H,11,14)(H,12,15)/p+1. The predicted molar refractivity (Wildman–Crippen MR) is 61.7 cm³/mol. The van der Waals surface area contributed by atoms with Crippen LogP contribution in [0.5, 0.6) is 0 Å². The normalized spacial score (nSPS) is 11.9. The molecule has 1 heterocycles. The zero-order valence-electron chi connectivity index (χ0n) is 9.37. The molecular weight excluding hydrogens is 226 g/mol. The van der Waals surface area contributed by atoms with Crippen LogP contribution in [0.2, 0.25) is 0 Å². The summed E-state index contributed by atoms with van der Waals surface area (Å²) in [5.74, 6) is -0.464. The number of quaternary nitrogens is 1. The number of carbonyl (C=O) groups excluding carboxylic acids is 2. The first-order valence-corrected chi connectivity index (χ1v) is 5.85. The summed E-state index contributed by atoms with van der Waals surface area (Å²) in [7, 11) is 1.94. The topological polar surface area (TPSA) is 62.6 Å². The summed E-state index contributed by atoms with van der Waals surface area (Å²) >= 11 is 1.67. The van der Waals surface area contributed by atoms with Crippen LogP contribution in [0.25, 0.3) is 0 Å². The van der Waals surface area contributed by atoms with E-state index in [1.165, 1.54) is 11.8 Å². The summed E-state index contributed by atoms with van der Waals surface area (Å²) in [5.41, 5.74) is 4.60. The Hall–Kier alpha value is -1.40. The van der Waals surface area contributed by atoms with Gasteiger partial charge in [-0.2, -0.15) is 0 Å². The lowest BCUT2D eigenvalue weighted by molar-refractivity contribution is -0.885. The molecule has 16 heavy (non-hydrogen) atoms. The van der Waals surface area contributed by atoms with E-state index in [-0.39, 0.29) is 11.8 Å². The number of hydrogen-bond donors (Lipinski definition) is 3. The first-order chi connectivity index (χ1) is 7.58. The highest BCUT2D eigenvalue weighted by atomic mass is 32.1. The van der Waals surface area contributed by atoms with Gasteiger partial charge in [-0.3, -0.25) is 20.4 Å². The Morgan fingerprint density at radius 1 is 1.44 bits per heavy atom. The average molecular weight is 242 g/mol. The first kappa shape index (κ1) is 12.7. The number of likely N-dealkylation sites (N-methyl/N-ethyl adjacent to an activating group) is 1. The SMILES string of the molecule is CC(=O)NNC(=O)C[NH+](C)Cc1cccs1. The number of carbonyl (C=O) groups is 2. The van der Waals surface area contributed by atoms with E-state index >= 15 is 0 Å². The highest BCUT2D eigenvalue weighted by molar-refractivity contribution is 7.09. The van der Waals surface area contributed by atoms with Crippen LogP contribution in [-0.2, 0) is 16.1 Å². The van der Waals surface area contributed by atoms with Gasteiger partial charge in [-0.25, -0.2) is 0 Å². The first-order valence-electron chi connectivity index (χ1n) is 4.97. The van der Waals surface area contributed by atoms with E-state index in [2.05, 4.69) is 10.9 Å². The number of amides is 2. The summed E-state index contributed by atoms with van der Waals surface area (Å²) in [4.78, 5) is 24.2. The number of nitrogens with one attached hydrogen (secondary N) is 3. The van der Waals surface area contributed by atoms with Crippen molar-refractivity contribution in [3.8, 4) is 0 Å². The molecule has 5 nitrogen and oxygen atoms in total. The summed E-state index contributed by atoms with van der Waals surface area (Å²) in [6.07, 6.45) is 0. The van der Waals surface area contributed by atoms with Crippen LogP contribution >= 0.6 is 11.3 Å². The van der Waals surface area contributed by atoms with E-state index < -0.39 is 0 Å². The summed E-state index contributed by atoms with van der Waals surface area (Å²) in [5, 5.41) is 2.01. The minimum atomic E-state index is -0.274. The van der Waals surface area contributed by atoms with Gasteiger partial charge in [-0.15, -0.1) is 11.3 Å². The molecule has 0 aliphatic rings. The molecule has 6 heteroatoms. The number of hydrazine groups is 1. The fraction of sp³-hybridized carbons (Fsp3) is 0.400. The Balaban J connectivity index is 2.25. The minimum Gasteiger partial charge on any atom is -0.325 e. The molecule has 1 aromatic rings. The monoisotopic (exact) mass is 242 g/mol. The maximum Gasteiger partial charge on any atom is 0.293 e. The van der Waals surface area contributed by atoms with Crippen LogP contribution in [0.15, 0.2) is 17.5 Å². The Morgan fingerprint density at radius 2 is 2.19 bits per heavy atom. The molecule has 1 aromatic heterocycles. The number of rotatable bonds is 4. The van der Waals surface area contributed by atoms with Gasteiger partial charge in [-0.1, -0.05) is 6.07 Å². The van der Waals surface area contributed by atoms with E-state index in [9.17, 15) is 9.59 Å². The molecule has 1 unspecified atom stereocenters. The molecule has 88 valence electrons. The smallest absolute Gasteiger partial charge is 0.293 e. The molecule has 0 aliphatic carbocycles. The van der Waals surface area contributed by atoms with Gasteiger partial charge in [0.2, 0.25) is 5.91 Å². The highest BCUT2D eigenvalue weighted by Gasteiger charge is 2.10. The Bertz CT molecular complexity index is 351. The van der Waals surface area contributed by atoms with E-state index in [0.29, 0.717) is 6.54 Å². The molecule has 0 aliphatic heterocycles. The quantitative estimate of drug-likeness (QED) is 0.589. The van der Waals surface area contributed by atoms with Crippen molar-refractivity contribution < 1.29 is 14.5 Å². The van der Waals surface area contributed by atoms with Crippen LogP contribution in [-0.4, -0.2) is 25.4 Å². The van der Waals surface area contributed by atoms with Crippen molar-refractivity contribution in [1.82, 2.24) is 10.9 Å². The molecule has 0 aromatic carbocycles. The molecule has 0 fully saturated rings. The van der Waals surface area contributed by atoms with Crippen molar-refractivity contribution in [2.45, 2.75) is 13.5 Å². The van der Waals surface area contributed by atoms with Crippen LogP contribution in [0, 0.1) is 0 Å². The second-order valence-corrected chi connectivity index (χ2v) is 4.65. The Morgan fingerprint density at radius 3 is 2.75 bits per heavy atom. The predicted octanol–water partition coefficient (Wildman–Crippen LogP) is -1.07. The zero-order chi connectivity index (χ0) is 12.0. The lowest BCUT2D eigenvalue weighted by Gasteiger charge is -2.12. The van der Waals surface area contributed by atoms with Gasteiger partial charge in [0, 0.05) is 6.92 Å². The van der Waals surface area contributed by atoms with Crippen molar-refractivity contribution >= 4 is 23.2 Å². The van der Waals surface area contributed by atoms with E-state index in [1.54, 1.807) is 11.3 Å². The lowest BCUT2D eigenvalue weighted by atomic mass is 10.4. The number of thiophene rings is 1. The molecule has 0 saturated heterocycles. The maximum absolute atomic E-state index is 11.3. The molecule has 0 spiro atoms. The maximum atomic E-state index is 11.3. The third-order valence-electron chi connectivity index (χ3n) is 1.90. The Labute approximate surface area is 98.4 Å². The molecule has 0 bridgehead atoms. The van der Waals surface area contributed by atoms with Gasteiger partial charge in [0.15, 0.2) is 6.54 Å². The van der Waals surface area contributed by atoms with E-state index in [4.69, 9.17) is 0 Å². The van der Waals surface area contributed by atoms with E-state index in [0.717, 1.165) is 11.4 Å². The molecule has 1 rings (SSSR count). The summed E-state index contributed by atoms with van der Waals surface area (Å²) < 4.78 is 0. The van der Waals surface area contributed by atoms with Crippen molar-refractivity contribution in [3.05, 3.63) is 22.4 Å². The molecular formula is C10H16N3O2S+. The van der Waals surface area contributed by atoms with Crippen molar-refractivity contribution in [3.63, 3.8) is 0 Å². The van der Waals surface area contributed by atoms with Crippen LogP contribution in [0.4, 0.5) is 0 Å². The van der Waals surface area contributed by atoms with Crippen molar-refractivity contribution in [2.75, 3.05) is 13.6 Å². The van der Waals surface area contributed by atoms with Gasteiger partial charge < -0.3 is 4.90 Å². The largest absolute Gasteiger partial charge is 0.325 e. The van der Waals surface area contributed by atoms with Gasteiger partial charge in [0.05, 0.1) is 11.9 Å². The fourth-order valence-electron chi connectivity index (χ4n) is 1.25. The van der Waals surface area contributed by atoms with Crippen molar-refractivity contribution in [2.24, 2.45) is 0 Å². The highest BCUT2D eigenvalue weighted by Crippen LogP contribution is 2.05. The van der Waals surface area contributed by atoms with Gasteiger partial charge >= 0.3 is 0 Å². The van der Waals surface area contributed by atoms with Gasteiger partial charge in [0.25, 0.3) is 5.91 Å². The molecule has 3 N–H and O–H groups in total. The molecule has 0 radical (unpaired) electrons. The summed E-state index contributed by atoms with van der Waals surface area (Å²) in [6, 6.07) is 4.03. The molecule has 2 amide bonds. The molecule has 1 atom stereocenters. The third-order valence-corrected chi connectivity index (χ3v) is 2.77. The Kier molecular flexibility index (Phi) is 4.94. The van der Waals surface area contributed by atoms with Crippen LogP contribution in [0.1, 0.15) is 11.8 Å². The van der Waals surface area contributed by atoms with Crippen LogP contribution < -0.4 is 15.8 Å². The average Bonchev–Trinajstić information content (AvgIpc) is 2.67. The van der Waals surface area contributed by atoms with Gasteiger partial charge in [0.1, 0.15) is 6.54 Å². The van der Waals surface area contributed by atoms with Gasteiger partial charge in [-0.05, 0) is 11.4 Å². The fourth-order valence-corrected chi connectivity index (χ4v) is 2.07. The zero-order valence-corrected chi connectivity index (χ0v) is 10.2. The lowest BCUT2D eigenvalue weighted by Crippen LogP contribution is -3.09. The van der Waals surface area contributed by atoms with Crippen LogP contribution in [0.3, 0.4) is 0 Å². The second-order valence-electron chi connectivity index (χ2n) is 3.62. The molecule has 0 saturated carbocycles.